The smallest absolute Gasteiger partial charge is 0.276 e. The maximum atomic E-state index is 12.9. The van der Waals surface area contributed by atoms with Crippen LogP contribution in [-0.2, 0) is 30.2 Å². The van der Waals surface area contributed by atoms with Gasteiger partial charge < -0.3 is 5.32 Å². The summed E-state index contributed by atoms with van der Waals surface area (Å²) in [6, 6.07) is 0. The molecule has 0 bridgehead atoms. The number of amides is 1. The Morgan fingerprint density at radius 2 is 1.79 bits per heavy atom. The first kappa shape index (κ1) is 20.6. The quantitative estimate of drug-likeness (QED) is 0.596. The van der Waals surface area contributed by atoms with Crippen molar-refractivity contribution in [1.82, 2.24) is 29.3 Å². The van der Waals surface area contributed by atoms with Gasteiger partial charge in [0, 0.05) is 26.3 Å². The Balaban J connectivity index is 1.94. The van der Waals surface area contributed by atoms with Gasteiger partial charge in [0.2, 0.25) is 0 Å². The summed E-state index contributed by atoms with van der Waals surface area (Å²) in [5.74, 6) is -0.487. The SMILES string of the molecule is CCn1cc(S(=O)(=O)Nc2cnn(CC)c2C(=O)Nc2cnn(C)c2C)c(C)n1. The van der Waals surface area contributed by atoms with E-state index in [2.05, 4.69) is 25.3 Å². The van der Waals surface area contributed by atoms with Crippen molar-refractivity contribution in [2.75, 3.05) is 10.0 Å². The van der Waals surface area contributed by atoms with Crippen LogP contribution < -0.4 is 10.0 Å². The Labute approximate surface area is 168 Å². The molecule has 0 radical (unpaired) electrons. The van der Waals surface area contributed by atoms with E-state index in [0.717, 1.165) is 5.69 Å². The van der Waals surface area contributed by atoms with Gasteiger partial charge >= 0.3 is 0 Å². The van der Waals surface area contributed by atoms with E-state index in [1.807, 2.05) is 20.8 Å². The van der Waals surface area contributed by atoms with Gasteiger partial charge in [0.25, 0.3) is 15.9 Å². The molecule has 0 saturated heterocycles. The van der Waals surface area contributed by atoms with Gasteiger partial charge in [-0.25, -0.2) is 8.42 Å². The lowest BCUT2D eigenvalue weighted by molar-refractivity contribution is 0.101. The van der Waals surface area contributed by atoms with Crippen molar-refractivity contribution in [3.8, 4) is 0 Å². The fourth-order valence-electron chi connectivity index (χ4n) is 2.87. The van der Waals surface area contributed by atoms with Crippen molar-refractivity contribution in [1.29, 1.82) is 0 Å². The van der Waals surface area contributed by atoms with Crippen molar-refractivity contribution in [3.05, 3.63) is 35.7 Å². The van der Waals surface area contributed by atoms with Gasteiger partial charge in [-0.2, -0.15) is 15.3 Å². The van der Waals surface area contributed by atoms with Crippen LogP contribution in [0.4, 0.5) is 11.4 Å². The number of carbonyl (C=O) groups excluding carboxylic acids is 1. The lowest BCUT2D eigenvalue weighted by Crippen LogP contribution is -2.21. The lowest BCUT2D eigenvalue weighted by atomic mass is 10.3. The number of hydrogen-bond donors (Lipinski definition) is 2. The summed E-state index contributed by atoms with van der Waals surface area (Å²) in [6.07, 6.45) is 4.32. The highest BCUT2D eigenvalue weighted by Gasteiger charge is 2.26. The number of carbonyl (C=O) groups is 1. The summed E-state index contributed by atoms with van der Waals surface area (Å²) >= 11 is 0. The first-order chi connectivity index (χ1) is 13.7. The Hall–Kier alpha value is -3.15. The van der Waals surface area contributed by atoms with Crippen molar-refractivity contribution >= 4 is 27.3 Å². The topological polar surface area (TPSA) is 129 Å². The molecular weight excluding hydrogens is 396 g/mol. The monoisotopic (exact) mass is 420 g/mol. The minimum atomic E-state index is -3.94. The molecular formula is C17H24N8O3S. The van der Waals surface area contributed by atoms with E-state index >= 15 is 0 Å². The molecule has 3 aromatic heterocycles. The largest absolute Gasteiger partial charge is 0.318 e. The summed E-state index contributed by atoms with van der Waals surface area (Å²) < 4.78 is 32.9. The highest BCUT2D eigenvalue weighted by atomic mass is 32.2. The Morgan fingerprint density at radius 3 is 2.34 bits per heavy atom. The maximum absolute atomic E-state index is 12.9. The molecule has 12 heteroatoms. The third kappa shape index (κ3) is 3.88. The molecule has 156 valence electrons. The molecule has 29 heavy (non-hydrogen) atoms. The molecule has 0 unspecified atom stereocenters. The third-order valence-corrected chi connectivity index (χ3v) is 6.07. The lowest BCUT2D eigenvalue weighted by Gasteiger charge is -2.10. The second-order valence-electron chi connectivity index (χ2n) is 6.48. The van der Waals surface area contributed by atoms with Crippen LogP contribution >= 0.6 is 0 Å². The fourth-order valence-corrected chi connectivity index (χ4v) is 4.11. The third-order valence-electron chi connectivity index (χ3n) is 4.60. The molecule has 0 aliphatic rings. The van der Waals surface area contributed by atoms with Crippen LogP contribution in [-0.4, -0.2) is 43.7 Å². The summed E-state index contributed by atoms with van der Waals surface area (Å²) in [6.45, 7) is 8.05. The second kappa shape index (κ2) is 7.70. The van der Waals surface area contributed by atoms with Crippen LogP contribution in [0.15, 0.2) is 23.5 Å². The van der Waals surface area contributed by atoms with E-state index in [4.69, 9.17) is 0 Å². The number of aryl methyl sites for hydroxylation is 4. The minimum Gasteiger partial charge on any atom is -0.318 e. The zero-order chi connectivity index (χ0) is 21.3. The van der Waals surface area contributed by atoms with Crippen molar-refractivity contribution in [2.45, 2.75) is 45.7 Å². The minimum absolute atomic E-state index is 0.0538. The predicted octanol–water partition coefficient (Wildman–Crippen LogP) is 1.52. The number of sulfonamides is 1. The first-order valence-corrected chi connectivity index (χ1v) is 10.6. The van der Waals surface area contributed by atoms with E-state index < -0.39 is 15.9 Å². The average molecular weight is 420 g/mol. The Morgan fingerprint density at radius 1 is 1.10 bits per heavy atom. The van der Waals surface area contributed by atoms with Crippen molar-refractivity contribution < 1.29 is 13.2 Å². The molecule has 2 N–H and O–H groups in total. The van der Waals surface area contributed by atoms with Crippen LogP contribution in [0.25, 0.3) is 0 Å². The first-order valence-electron chi connectivity index (χ1n) is 9.10. The summed E-state index contributed by atoms with van der Waals surface area (Å²) in [5, 5.41) is 15.2. The molecule has 0 aliphatic carbocycles. The van der Waals surface area contributed by atoms with Crippen LogP contribution in [0.2, 0.25) is 0 Å². The number of rotatable bonds is 7. The standard InChI is InChI=1S/C17H24N8O3S/c1-6-24-10-15(11(3)21-24)29(27,28)22-14-9-19-25(7-2)16(14)17(26)20-13-8-18-23(5)12(13)4/h8-10,22H,6-7H2,1-5H3,(H,20,26). The maximum Gasteiger partial charge on any atom is 0.276 e. The molecule has 3 aromatic rings. The van der Waals surface area contributed by atoms with Crippen LogP contribution in [0.3, 0.4) is 0 Å². The van der Waals surface area contributed by atoms with Crippen LogP contribution in [0.5, 0.6) is 0 Å². The van der Waals surface area contributed by atoms with Gasteiger partial charge in [-0.15, -0.1) is 0 Å². The molecule has 11 nitrogen and oxygen atoms in total. The van der Waals surface area contributed by atoms with E-state index in [1.54, 1.807) is 18.7 Å². The summed E-state index contributed by atoms with van der Waals surface area (Å²) in [4.78, 5) is 13.0. The number of anilines is 2. The predicted molar refractivity (Wildman–Crippen MR) is 107 cm³/mol. The van der Waals surface area contributed by atoms with Gasteiger partial charge in [0.1, 0.15) is 4.90 Å². The van der Waals surface area contributed by atoms with Gasteiger partial charge in [-0.1, -0.05) is 0 Å². The number of hydrogen-bond acceptors (Lipinski definition) is 6. The molecule has 0 spiro atoms. The number of nitrogens with one attached hydrogen (secondary N) is 2. The molecule has 0 aliphatic heterocycles. The van der Waals surface area contributed by atoms with E-state index in [9.17, 15) is 13.2 Å². The zero-order valence-corrected chi connectivity index (χ0v) is 17.8. The molecule has 3 heterocycles. The molecule has 0 saturated carbocycles. The molecule has 3 rings (SSSR count). The van der Waals surface area contributed by atoms with Gasteiger partial charge in [0.05, 0.1) is 35.2 Å². The molecule has 0 atom stereocenters. The van der Waals surface area contributed by atoms with Crippen molar-refractivity contribution in [2.24, 2.45) is 7.05 Å². The van der Waals surface area contributed by atoms with Crippen molar-refractivity contribution in [3.63, 3.8) is 0 Å². The average Bonchev–Trinajstić information content (AvgIpc) is 3.34. The Bertz CT molecular complexity index is 1160. The van der Waals surface area contributed by atoms with Gasteiger partial charge in [0.15, 0.2) is 5.69 Å². The number of nitrogens with zero attached hydrogens (tertiary/aromatic N) is 6. The second-order valence-corrected chi connectivity index (χ2v) is 8.13. The van der Waals surface area contributed by atoms with E-state index in [1.165, 1.54) is 28.0 Å². The molecule has 0 fully saturated rings. The van der Waals surface area contributed by atoms with Crippen LogP contribution in [0.1, 0.15) is 35.7 Å². The van der Waals surface area contributed by atoms with E-state index in [0.29, 0.717) is 24.5 Å². The van der Waals surface area contributed by atoms with Crippen LogP contribution in [0, 0.1) is 13.8 Å². The normalized spacial score (nSPS) is 11.6. The molecule has 1 amide bonds. The molecule has 0 aromatic carbocycles. The summed E-state index contributed by atoms with van der Waals surface area (Å²) in [5.41, 5.74) is 1.88. The highest BCUT2D eigenvalue weighted by Crippen LogP contribution is 2.23. The van der Waals surface area contributed by atoms with E-state index in [-0.39, 0.29) is 16.3 Å². The Kier molecular flexibility index (Phi) is 5.46. The zero-order valence-electron chi connectivity index (χ0n) is 17.0. The highest BCUT2D eigenvalue weighted by molar-refractivity contribution is 7.92. The van der Waals surface area contributed by atoms with Gasteiger partial charge in [-0.3, -0.25) is 23.6 Å². The fraction of sp³-hybridized carbons (Fsp3) is 0.412. The van der Waals surface area contributed by atoms with Gasteiger partial charge in [-0.05, 0) is 27.7 Å². The number of aromatic nitrogens is 6. The summed E-state index contributed by atoms with van der Waals surface area (Å²) in [7, 11) is -2.18.